The second-order valence-electron chi connectivity index (χ2n) is 6.74. The van der Waals surface area contributed by atoms with Crippen molar-refractivity contribution in [1.82, 2.24) is 4.90 Å². The minimum atomic E-state index is -0.660. The highest BCUT2D eigenvalue weighted by Crippen LogP contribution is 2.57. The van der Waals surface area contributed by atoms with Crippen LogP contribution in [-0.4, -0.2) is 39.3 Å². The van der Waals surface area contributed by atoms with E-state index in [1.54, 1.807) is 14.2 Å². The minimum absolute atomic E-state index is 0.358. The Bertz CT molecular complexity index is 667. The van der Waals surface area contributed by atoms with Crippen LogP contribution in [-0.2, 0) is 0 Å². The second kappa shape index (κ2) is 9.08. The van der Waals surface area contributed by atoms with Crippen LogP contribution in [0, 0.1) is 30.8 Å². The van der Waals surface area contributed by atoms with E-state index in [0.29, 0.717) is 6.04 Å². The summed E-state index contributed by atoms with van der Waals surface area (Å²) < 4.78 is 10.7. The molecule has 1 aliphatic rings. The summed E-state index contributed by atoms with van der Waals surface area (Å²) in [6.45, 7) is 2.26. The standard InChI is InChI=1S/C23H27NO2P/c1-17(24(2)3)22-7-6-8-23(22)27(20-13-9-18(25-4)10-14-20)21-15-11-19(26-5)12-16-21/h6-17H,1-5H3/t17-/m1/s1. The number of hydrogen-bond acceptors (Lipinski definition) is 3. The van der Waals surface area contributed by atoms with Gasteiger partial charge in [0.05, 0.1) is 14.2 Å². The lowest BCUT2D eigenvalue weighted by Gasteiger charge is -2.34. The lowest BCUT2D eigenvalue weighted by molar-refractivity contribution is 0.333. The van der Waals surface area contributed by atoms with E-state index in [0.717, 1.165) is 11.5 Å². The Kier molecular flexibility index (Phi) is 6.78. The van der Waals surface area contributed by atoms with Gasteiger partial charge in [-0.15, -0.1) is 0 Å². The molecular weight excluding hydrogens is 353 g/mol. The van der Waals surface area contributed by atoms with Crippen LogP contribution in [0.1, 0.15) is 6.92 Å². The van der Waals surface area contributed by atoms with Gasteiger partial charge < -0.3 is 14.4 Å². The molecule has 2 aromatic carbocycles. The Morgan fingerprint density at radius 3 is 1.67 bits per heavy atom. The van der Waals surface area contributed by atoms with Gasteiger partial charge in [0.15, 0.2) is 0 Å². The molecule has 2 aromatic rings. The SMILES string of the molecule is COc1ccc(P([C]2[CH][CH][CH][C]2[C@@H](C)N(C)C)c2ccc(OC)cc2)cc1. The Hall–Kier alpha value is -1.57. The third-order valence-electron chi connectivity index (χ3n) is 4.95. The van der Waals surface area contributed by atoms with Crippen molar-refractivity contribution in [3.63, 3.8) is 0 Å². The highest BCUT2D eigenvalue weighted by molar-refractivity contribution is 7.76. The molecule has 141 valence electrons. The summed E-state index contributed by atoms with van der Waals surface area (Å²) in [5, 5.41) is 2.63. The average molecular weight is 380 g/mol. The lowest BCUT2D eigenvalue weighted by atomic mass is 9.98. The van der Waals surface area contributed by atoms with Crippen LogP contribution in [0.2, 0.25) is 0 Å². The Morgan fingerprint density at radius 2 is 1.26 bits per heavy atom. The van der Waals surface area contributed by atoms with Gasteiger partial charge in [-0.2, -0.15) is 0 Å². The molecule has 1 atom stereocenters. The first kappa shape index (κ1) is 20.2. The molecule has 0 aliphatic heterocycles. The van der Waals surface area contributed by atoms with Crippen LogP contribution in [0.4, 0.5) is 0 Å². The molecule has 27 heavy (non-hydrogen) atoms. The molecule has 0 amide bonds. The third kappa shape index (κ3) is 4.47. The van der Waals surface area contributed by atoms with Crippen molar-refractivity contribution in [2.45, 2.75) is 13.0 Å². The fourth-order valence-corrected chi connectivity index (χ4v) is 5.65. The van der Waals surface area contributed by atoms with E-state index in [4.69, 9.17) is 9.47 Å². The number of nitrogens with zero attached hydrogens (tertiary/aromatic N) is 1. The molecule has 0 heterocycles. The van der Waals surface area contributed by atoms with Crippen molar-refractivity contribution in [3.05, 3.63) is 79.4 Å². The van der Waals surface area contributed by atoms with Gasteiger partial charge in [-0.25, -0.2) is 0 Å². The Labute approximate surface area is 165 Å². The highest BCUT2D eigenvalue weighted by Gasteiger charge is 2.40. The first-order valence-corrected chi connectivity index (χ1v) is 10.4. The summed E-state index contributed by atoms with van der Waals surface area (Å²) >= 11 is 0. The van der Waals surface area contributed by atoms with Gasteiger partial charge in [-0.05, 0) is 83.1 Å². The predicted molar refractivity (Wildman–Crippen MR) is 115 cm³/mol. The van der Waals surface area contributed by atoms with E-state index in [1.807, 2.05) is 24.3 Å². The van der Waals surface area contributed by atoms with Gasteiger partial charge in [-0.1, -0.05) is 24.3 Å². The first-order valence-electron chi connectivity index (χ1n) is 9.05. The van der Waals surface area contributed by atoms with Gasteiger partial charge >= 0.3 is 0 Å². The van der Waals surface area contributed by atoms with E-state index in [1.165, 1.54) is 22.2 Å². The van der Waals surface area contributed by atoms with Crippen molar-refractivity contribution in [1.29, 1.82) is 0 Å². The topological polar surface area (TPSA) is 21.7 Å². The fraction of sp³-hybridized carbons (Fsp3) is 0.261. The molecule has 1 fully saturated rings. The molecule has 1 saturated carbocycles. The molecule has 0 N–H and O–H groups in total. The summed E-state index contributed by atoms with van der Waals surface area (Å²) in [7, 11) is 7.01. The zero-order chi connectivity index (χ0) is 19.4. The van der Waals surface area contributed by atoms with Crippen molar-refractivity contribution in [3.8, 4) is 11.5 Å². The summed E-state index contributed by atoms with van der Waals surface area (Å²) in [6, 6.07) is 17.3. The number of hydrogen-bond donors (Lipinski definition) is 0. The van der Waals surface area contributed by atoms with Gasteiger partial charge in [0.25, 0.3) is 0 Å². The quantitative estimate of drug-likeness (QED) is 0.682. The number of rotatable bonds is 7. The highest BCUT2D eigenvalue weighted by atomic mass is 31.1. The lowest BCUT2D eigenvalue weighted by Crippen LogP contribution is -2.34. The minimum Gasteiger partial charge on any atom is -0.497 e. The van der Waals surface area contributed by atoms with Gasteiger partial charge in [0.2, 0.25) is 0 Å². The number of benzene rings is 2. The zero-order valence-electron chi connectivity index (χ0n) is 16.6. The van der Waals surface area contributed by atoms with Crippen LogP contribution < -0.4 is 20.1 Å². The van der Waals surface area contributed by atoms with Crippen molar-refractivity contribution in [2.24, 2.45) is 0 Å². The molecule has 0 spiro atoms. The van der Waals surface area contributed by atoms with Gasteiger partial charge in [0, 0.05) is 17.6 Å². The first-order chi connectivity index (χ1) is 13.0. The third-order valence-corrected chi connectivity index (χ3v) is 7.47. The van der Waals surface area contributed by atoms with E-state index >= 15 is 0 Å². The number of ether oxygens (including phenoxy) is 2. The van der Waals surface area contributed by atoms with E-state index in [2.05, 4.69) is 69.4 Å². The monoisotopic (exact) mass is 380 g/mol. The maximum Gasteiger partial charge on any atom is 0.118 e. The van der Waals surface area contributed by atoms with Crippen LogP contribution in [0.3, 0.4) is 0 Å². The van der Waals surface area contributed by atoms with Crippen LogP contribution in [0.15, 0.2) is 48.5 Å². The Balaban J connectivity index is 2.00. The Morgan fingerprint density at radius 1 is 0.778 bits per heavy atom. The van der Waals surface area contributed by atoms with Crippen molar-refractivity contribution in [2.75, 3.05) is 28.3 Å². The van der Waals surface area contributed by atoms with Crippen LogP contribution >= 0.6 is 7.92 Å². The summed E-state index contributed by atoms with van der Waals surface area (Å²) in [6.07, 6.45) is 6.70. The maximum absolute atomic E-state index is 5.35. The normalized spacial score (nSPS) is 16.9. The smallest absolute Gasteiger partial charge is 0.118 e. The van der Waals surface area contributed by atoms with E-state index < -0.39 is 7.92 Å². The van der Waals surface area contributed by atoms with E-state index in [9.17, 15) is 0 Å². The summed E-state index contributed by atoms with van der Waals surface area (Å²) in [5.74, 6) is 3.15. The van der Waals surface area contributed by atoms with Crippen molar-refractivity contribution >= 4 is 18.5 Å². The van der Waals surface area contributed by atoms with Crippen molar-refractivity contribution < 1.29 is 9.47 Å². The number of methoxy groups -OCH3 is 2. The molecule has 0 aromatic heterocycles. The molecule has 1 aliphatic carbocycles. The molecule has 3 rings (SSSR count). The predicted octanol–water partition coefficient (Wildman–Crippen LogP) is 3.82. The fourth-order valence-electron chi connectivity index (χ4n) is 3.15. The second-order valence-corrected chi connectivity index (χ2v) is 8.92. The molecule has 3 nitrogen and oxygen atoms in total. The zero-order valence-corrected chi connectivity index (χ0v) is 17.5. The maximum atomic E-state index is 5.35. The average Bonchev–Trinajstić information content (AvgIpc) is 3.17. The molecule has 4 heteroatoms. The summed E-state index contributed by atoms with van der Waals surface area (Å²) in [5.41, 5.74) is 1.40. The van der Waals surface area contributed by atoms with Crippen LogP contribution in [0.5, 0.6) is 11.5 Å². The molecule has 0 saturated heterocycles. The van der Waals surface area contributed by atoms with Gasteiger partial charge in [-0.3, -0.25) is 0 Å². The molecular formula is C23H27NO2P. The molecule has 0 bridgehead atoms. The van der Waals surface area contributed by atoms with Crippen LogP contribution in [0.25, 0.3) is 0 Å². The molecule has 5 radical (unpaired) electrons. The van der Waals surface area contributed by atoms with Gasteiger partial charge in [0.1, 0.15) is 11.5 Å². The largest absolute Gasteiger partial charge is 0.497 e. The molecule has 0 unspecified atom stereocenters. The van der Waals surface area contributed by atoms with E-state index in [-0.39, 0.29) is 0 Å². The summed E-state index contributed by atoms with van der Waals surface area (Å²) in [4.78, 5) is 2.26.